The van der Waals surface area contributed by atoms with Crippen molar-refractivity contribution in [2.75, 3.05) is 26.2 Å². The average molecular weight is 197 g/mol. The molecule has 1 aliphatic carbocycles. The minimum atomic E-state index is -0.164. The van der Waals surface area contributed by atoms with E-state index in [2.05, 4.69) is 4.90 Å². The van der Waals surface area contributed by atoms with Crippen LogP contribution >= 0.6 is 0 Å². The molecular weight excluding hydrogens is 178 g/mol. The maximum Gasteiger partial charge on any atom is 0.302 e. The monoisotopic (exact) mass is 197 g/mol. The molecule has 2 rings (SSSR count). The molecule has 80 valence electrons. The van der Waals surface area contributed by atoms with Gasteiger partial charge in [0.2, 0.25) is 0 Å². The summed E-state index contributed by atoms with van der Waals surface area (Å²) >= 11 is 0. The second-order valence-corrected chi connectivity index (χ2v) is 4.51. The normalized spacial score (nSPS) is 31.8. The van der Waals surface area contributed by atoms with Crippen molar-refractivity contribution in [3.05, 3.63) is 0 Å². The van der Waals surface area contributed by atoms with Crippen LogP contribution in [0.15, 0.2) is 0 Å². The molecule has 2 unspecified atom stereocenters. The number of ether oxygens (including phenoxy) is 1. The molecule has 1 saturated carbocycles. The van der Waals surface area contributed by atoms with Gasteiger partial charge in [-0.1, -0.05) is 0 Å². The maximum absolute atomic E-state index is 10.6. The predicted molar refractivity (Wildman–Crippen MR) is 53.9 cm³/mol. The van der Waals surface area contributed by atoms with Gasteiger partial charge in [-0.15, -0.1) is 0 Å². The van der Waals surface area contributed by atoms with Crippen LogP contribution in [0.25, 0.3) is 0 Å². The van der Waals surface area contributed by atoms with Crippen molar-refractivity contribution in [1.82, 2.24) is 4.90 Å². The molecule has 1 aliphatic heterocycles. The number of fused-ring (bicyclic) bond motifs is 1. The van der Waals surface area contributed by atoms with Gasteiger partial charge in [0, 0.05) is 13.5 Å². The Morgan fingerprint density at radius 3 is 2.57 bits per heavy atom. The number of esters is 1. The quantitative estimate of drug-likeness (QED) is 0.638. The molecule has 1 heterocycles. The third-order valence-corrected chi connectivity index (χ3v) is 3.41. The zero-order chi connectivity index (χ0) is 9.97. The highest BCUT2D eigenvalue weighted by atomic mass is 16.5. The van der Waals surface area contributed by atoms with Crippen molar-refractivity contribution in [1.29, 1.82) is 0 Å². The number of hydrogen-bond acceptors (Lipinski definition) is 3. The van der Waals surface area contributed by atoms with E-state index in [0.717, 1.165) is 18.4 Å². The van der Waals surface area contributed by atoms with Gasteiger partial charge in [0.05, 0.1) is 0 Å². The molecule has 0 spiro atoms. The summed E-state index contributed by atoms with van der Waals surface area (Å²) in [6.45, 7) is 5.34. The van der Waals surface area contributed by atoms with Crippen molar-refractivity contribution in [2.24, 2.45) is 11.8 Å². The van der Waals surface area contributed by atoms with Gasteiger partial charge in [0.25, 0.3) is 0 Å². The lowest BCUT2D eigenvalue weighted by atomic mass is 10.2. The molecule has 1 saturated heterocycles. The fourth-order valence-electron chi connectivity index (χ4n) is 2.37. The molecule has 0 bridgehead atoms. The van der Waals surface area contributed by atoms with E-state index >= 15 is 0 Å². The second-order valence-electron chi connectivity index (χ2n) is 4.51. The molecule has 0 N–H and O–H groups in total. The molecule has 14 heavy (non-hydrogen) atoms. The Hall–Kier alpha value is -0.570. The predicted octanol–water partition coefficient (Wildman–Crippen LogP) is 1.28. The maximum atomic E-state index is 10.6. The van der Waals surface area contributed by atoms with Gasteiger partial charge in [0.15, 0.2) is 0 Å². The van der Waals surface area contributed by atoms with E-state index in [1.807, 2.05) is 0 Å². The number of likely N-dealkylation sites (tertiary alicyclic amines) is 1. The first-order valence-electron chi connectivity index (χ1n) is 5.61. The number of carbonyl (C=O) groups excluding carboxylic acids is 1. The smallest absolute Gasteiger partial charge is 0.302 e. The van der Waals surface area contributed by atoms with Crippen LogP contribution in [0, 0.1) is 11.8 Å². The largest absolute Gasteiger partial charge is 0.465 e. The third-order valence-electron chi connectivity index (χ3n) is 3.41. The Balaban J connectivity index is 1.63. The van der Waals surface area contributed by atoms with Crippen LogP contribution in [0.3, 0.4) is 0 Å². The van der Waals surface area contributed by atoms with Crippen LogP contribution < -0.4 is 0 Å². The van der Waals surface area contributed by atoms with Crippen LogP contribution in [-0.4, -0.2) is 37.1 Å². The zero-order valence-corrected chi connectivity index (χ0v) is 8.87. The van der Waals surface area contributed by atoms with Crippen LogP contribution in [0.1, 0.15) is 26.2 Å². The number of nitrogens with zero attached hydrogens (tertiary/aromatic N) is 1. The molecule has 0 radical (unpaired) electrons. The summed E-state index contributed by atoms with van der Waals surface area (Å²) < 4.78 is 4.94. The van der Waals surface area contributed by atoms with Gasteiger partial charge in [0.1, 0.15) is 6.61 Å². The highest BCUT2D eigenvalue weighted by Gasteiger charge is 2.38. The van der Waals surface area contributed by atoms with Gasteiger partial charge >= 0.3 is 5.97 Å². The standard InChI is InChI=1S/C11H19NO2/c1-9(13)14-7-6-12-4-2-10-8-11(10)3-5-12/h10-11H,2-8H2,1H3. The SMILES string of the molecule is CC(=O)OCCN1CCC2CC2CC1. The van der Waals surface area contributed by atoms with Crippen molar-refractivity contribution >= 4 is 5.97 Å². The number of rotatable bonds is 3. The highest BCUT2D eigenvalue weighted by molar-refractivity contribution is 5.65. The van der Waals surface area contributed by atoms with E-state index < -0.39 is 0 Å². The van der Waals surface area contributed by atoms with Gasteiger partial charge in [-0.2, -0.15) is 0 Å². The molecular formula is C11H19NO2. The van der Waals surface area contributed by atoms with E-state index in [0.29, 0.717) is 6.61 Å². The Morgan fingerprint density at radius 1 is 1.36 bits per heavy atom. The minimum absolute atomic E-state index is 0.164. The first kappa shape index (κ1) is 9.97. The Kier molecular flexibility index (Phi) is 3.06. The summed E-state index contributed by atoms with van der Waals surface area (Å²) in [6, 6.07) is 0. The van der Waals surface area contributed by atoms with E-state index in [9.17, 15) is 4.79 Å². The minimum Gasteiger partial charge on any atom is -0.465 e. The van der Waals surface area contributed by atoms with Crippen molar-refractivity contribution in [3.63, 3.8) is 0 Å². The second kappa shape index (κ2) is 4.30. The molecule has 2 fully saturated rings. The fourth-order valence-corrected chi connectivity index (χ4v) is 2.37. The summed E-state index contributed by atoms with van der Waals surface area (Å²) in [5.41, 5.74) is 0. The molecule has 3 nitrogen and oxygen atoms in total. The molecule has 3 heteroatoms. The zero-order valence-electron chi connectivity index (χ0n) is 8.87. The summed E-state index contributed by atoms with van der Waals surface area (Å²) in [7, 11) is 0. The molecule has 0 aromatic rings. The van der Waals surface area contributed by atoms with Gasteiger partial charge < -0.3 is 4.74 Å². The van der Waals surface area contributed by atoms with Crippen molar-refractivity contribution < 1.29 is 9.53 Å². The highest BCUT2D eigenvalue weighted by Crippen LogP contribution is 2.45. The van der Waals surface area contributed by atoms with Crippen molar-refractivity contribution in [3.8, 4) is 0 Å². The van der Waals surface area contributed by atoms with Crippen LogP contribution in [0.2, 0.25) is 0 Å². The summed E-state index contributed by atoms with van der Waals surface area (Å²) in [5, 5.41) is 0. The number of hydrogen-bond donors (Lipinski definition) is 0. The van der Waals surface area contributed by atoms with E-state index in [-0.39, 0.29) is 5.97 Å². The van der Waals surface area contributed by atoms with Crippen LogP contribution in [0.5, 0.6) is 0 Å². The topological polar surface area (TPSA) is 29.5 Å². The van der Waals surface area contributed by atoms with Gasteiger partial charge in [-0.05, 0) is 44.2 Å². The lowest BCUT2D eigenvalue weighted by Gasteiger charge is -2.19. The molecule has 2 atom stereocenters. The van der Waals surface area contributed by atoms with Crippen LogP contribution in [0.4, 0.5) is 0 Å². The number of carbonyl (C=O) groups is 1. The van der Waals surface area contributed by atoms with Gasteiger partial charge in [-0.3, -0.25) is 9.69 Å². The average Bonchev–Trinajstić information content (AvgIpc) is 2.85. The first-order valence-corrected chi connectivity index (χ1v) is 5.61. The lowest BCUT2D eigenvalue weighted by molar-refractivity contribution is -0.141. The molecule has 0 aromatic carbocycles. The molecule has 0 aromatic heterocycles. The van der Waals surface area contributed by atoms with Crippen LogP contribution in [-0.2, 0) is 9.53 Å². The third kappa shape index (κ3) is 2.71. The van der Waals surface area contributed by atoms with E-state index in [1.54, 1.807) is 0 Å². The van der Waals surface area contributed by atoms with E-state index in [4.69, 9.17) is 4.74 Å². The van der Waals surface area contributed by atoms with Gasteiger partial charge in [-0.25, -0.2) is 0 Å². The lowest BCUT2D eigenvalue weighted by Crippen LogP contribution is -2.29. The van der Waals surface area contributed by atoms with Crippen molar-refractivity contribution in [2.45, 2.75) is 26.2 Å². The Labute approximate surface area is 85.4 Å². The fraction of sp³-hybridized carbons (Fsp3) is 0.909. The first-order chi connectivity index (χ1) is 6.75. The summed E-state index contributed by atoms with van der Waals surface area (Å²) in [4.78, 5) is 13.0. The summed E-state index contributed by atoms with van der Waals surface area (Å²) in [5.74, 6) is 1.88. The Bertz CT molecular complexity index is 205. The summed E-state index contributed by atoms with van der Waals surface area (Å²) in [6.07, 6.45) is 4.17. The van der Waals surface area contributed by atoms with E-state index in [1.165, 1.54) is 39.3 Å². The Morgan fingerprint density at radius 2 is 2.00 bits per heavy atom. The molecule has 0 amide bonds. The molecule has 2 aliphatic rings.